The largest absolute Gasteiger partial charge is 0.357 e. The highest BCUT2D eigenvalue weighted by Gasteiger charge is 2.55. The van der Waals surface area contributed by atoms with Crippen LogP contribution in [0, 0.1) is 5.82 Å². The number of pyridine rings is 1. The quantitative estimate of drug-likeness (QED) is 0.730. The van der Waals surface area contributed by atoms with E-state index in [1.165, 1.54) is 16.8 Å². The summed E-state index contributed by atoms with van der Waals surface area (Å²) >= 11 is 0. The van der Waals surface area contributed by atoms with Crippen LogP contribution in [-0.2, 0) is 12.0 Å². The highest BCUT2D eigenvalue weighted by atomic mass is 19.1. The molecule has 3 saturated heterocycles. The van der Waals surface area contributed by atoms with Gasteiger partial charge in [-0.25, -0.2) is 4.39 Å². The van der Waals surface area contributed by atoms with Gasteiger partial charge in [0.05, 0.1) is 11.7 Å². The molecule has 1 aromatic carbocycles. The van der Waals surface area contributed by atoms with Gasteiger partial charge in [-0.15, -0.1) is 0 Å². The second-order valence-electron chi connectivity index (χ2n) is 7.83. The van der Waals surface area contributed by atoms with E-state index >= 15 is 0 Å². The fraction of sp³-hybridized carbons (Fsp3) is 0.381. The summed E-state index contributed by atoms with van der Waals surface area (Å²) in [5.41, 5.74) is 5.11. The van der Waals surface area contributed by atoms with E-state index in [0.29, 0.717) is 6.17 Å². The normalized spacial score (nSPS) is 30.3. The Bertz CT molecular complexity index is 988. The molecule has 1 spiro atoms. The minimum Gasteiger partial charge on any atom is -0.357 e. The van der Waals surface area contributed by atoms with Crippen LogP contribution in [0.5, 0.6) is 0 Å². The summed E-state index contributed by atoms with van der Waals surface area (Å²) in [5, 5.41) is 1.07. The molecule has 5 heteroatoms. The van der Waals surface area contributed by atoms with Crippen LogP contribution in [0.3, 0.4) is 0 Å². The molecule has 26 heavy (non-hydrogen) atoms. The summed E-state index contributed by atoms with van der Waals surface area (Å²) in [6.07, 6.45) is 7.35. The third-order valence-corrected chi connectivity index (χ3v) is 6.76. The molecule has 0 aliphatic carbocycles. The number of piperidine rings is 1. The zero-order chi connectivity index (χ0) is 17.3. The van der Waals surface area contributed by atoms with Gasteiger partial charge in [-0.2, -0.15) is 0 Å². The number of halogens is 1. The second kappa shape index (κ2) is 5.15. The Kier molecular flexibility index (Phi) is 2.95. The first kappa shape index (κ1) is 14.9. The molecule has 2 aromatic heterocycles. The van der Waals surface area contributed by atoms with Crippen molar-refractivity contribution in [2.24, 2.45) is 0 Å². The van der Waals surface area contributed by atoms with E-state index < -0.39 is 0 Å². The van der Waals surface area contributed by atoms with Crippen molar-refractivity contribution in [3.05, 3.63) is 65.4 Å². The lowest BCUT2D eigenvalue weighted by Gasteiger charge is -2.62. The molecule has 2 bridgehead atoms. The van der Waals surface area contributed by atoms with Gasteiger partial charge in [0.1, 0.15) is 5.82 Å². The number of H-pyrrole nitrogens is 1. The standard InChI is InChI=1S/C21H21FN4/c22-15-1-2-18-17(13-15)16-5-10-26-20(14-3-8-23-9-4-14)25-11-6-21(26,7-12-25)19(16)24-18/h1-4,8-9,13,20,24H,5-7,10-12H2/t20-/m1/s1. The molecule has 0 saturated carbocycles. The fourth-order valence-corrected chi connectivity index (χ4v) is 5.62. The minimum atomic E-state index is -0.146. The molecule has 1 N–H and O–H groups in total. The molecule has 4 aliphatic heterocycles. The molecule has 0 unspecified atom stereocenters. The van der Waals surface area contributed by atoms with Crippen LogP contribution in [0.1, 0.15) is 35.8 Å². The number of aromatic nitrogens is 2. The number of fused-ring (bicyclic) bond motifs is 5. The van der Waals surface area contributed by atoms with Crippen molar-refractivity contribution in [2.45, 2.75) is 31.0 Å². The van der Waals surface area contributed by atoms with E-state index in [2.05, 4.69) is 31.9 Å². The lowest BCUT2D eigenvalue weighted by molar-refractivity contribution is -0.149. The van der Waals surface area contributed by atoms with E-state index in [1.54, 1.807) is 12.1 Å². The molecule has 3 fully saturated rings. The second-order valence-corrected chi connectivity index (χ2v) is 7.83. The van der Waals surface area contributed by atoms with Crippen LogP contribution in [0.25, 0.3) is 10.9 Å². The zero-order valence-corrected chi connectivity index (χ0v) is 14.6. The van der Waals surface area contributed by atoms with E-state index in [-0.39, 0.29) is 11.4 Å². The van der Waals surface area contributed by atoms with Gasteiger partial charge in [0.2, 0.25) is 0 Å². The number of nitrogens with one attached hydrogen (secondary N) is 1. The minimum absolute atomic E-state index is 0.0474. The topological polar surface area (TPSA) is 35.2 Å². The number of rotatable bonds is 1. The molecule has 0 amide bonds. The van der Waals surface area contributed by atoms with Gasteiger partial charge in [-0.1, -0.05) is 0 Å². The van der Waals surface area contributed by atoms with Crippen molar-refractivity contribution in [1.29, 1.82) is 0 Å². The van der Waals surface area contributed by atoms with Crippen LogP contribution in [0.4, 0.5) is 4.39 Å². The molecular weight excluding hydrogens is 327 g/mol. The molecular formula is C21H21FN4. The average molecular weight is 348 g/mol. The van der Waals surface area contributed by atoms with E-state index in [4.69, 9.17) is 0 Å². The Hall–Kier alpha value is -2.24. The van der Waals surface area contributed by atoms with E-state index in [9.17, 15) is 4.39 Å². The summed E-state index contributed by atoms with van der Waals surface area (Å²) in [5.74, 6) is -0.146. The van der Waals surface area contributed by atoms with Gasteiger partial charge in [0, 0.05) is 48.6 Å². The predicted octanol–water partition coefficient (Wildman–Crippen LogP) is 3.56. The summed E-state index contributed by atoms with van der Waals surface area (Å²) in [6, 6.07) is 9.45. The summed E-state index contributed by atoms with van der Waals surface area (Å²) in [4.78, 5) is 13.2. The number of benzene rings is 1. The Balaban J connectivity index is 1.54. The first-order valence-electron chi connectivity index (χ1n) is 9.48. The van der Waals surface area contributed by atoms with Gasteiger partial charge in [-0.05, 0) is 60.7 Å². The molecule has 0 radical (unpaired) electrons. The number of hydrogen-bond acceptors (Lipinski definition) is 3. The zero-order valence-electron chi connectivity index (χ0n) is 14.6. The van der Waals surface area contributed by atoms with Gasteiger partial charge in [0.15, 0.2) is 0 Å². The predicted molar refractivity (Wildman–Crippen MR) is 98.1 cm³/mol. The Morgan fingerprint density at radius 1 is 1.08 bits per heavy atom. The Morgan fingerprint density at radius 3 is 2.69 bits per heavy atom. The molecule has 3 aromatic rings. The van der Waals surface area contributed by atoms with Gasteiger partial charge in [-0.3, -0.25) is 14.8 Å². The van der Waals surface area contributed by atoms with Crippen molar-refractivity contribution in [3.63, 3.8) is 0 Å². The van der Waals surface area contributed by atoms with Gasteiger partial charge < -0.3 is 4.98 Å². The summed E-state index contributed by atoms with van der Waals surface area (Å²) < 4.78 is 13.8. The van der Waals surface area contributed by atoms with Gasteiger partial charge >= 0.3 is 0 Å². The third-order valence-electron chi connectivity index (χ3n) is 6.76. The fourth-order valence-electron chi connectivity index (χ4n) is 5.62. The summed E-state index contributed by atoms with van der Waals surface area (Å²) in [7, 11) is 0. The van der Waals surface area contributed by atoms with Crippen molar-refractivity contribution in [1.82, 2.24) is 19.8 Å². The highest BCUT2D eigenvalue weighted by Crippen LogP contribution is 2.53. The Labute approximate surface area is 151 Å². The number of nitrogens with zero attached hydrogens (tertiary/aromatic N) is 3. The van der Waals surface area contributed by atoms with Crippen LogP contribution in [0.2, 0.25) is 0 Å². The maximum atomic E-state index is 13.8. The number of hydrogen-bond donors (Lipinski definition) is 1. The van der Waals surface area contributed by atoms with Crippen molar-refractivity contribution >= 4 is 10.9 Å². The van der Waals surface area contributed by atoms with Crippen molar-refractivity contribution in [2.75, 3.05) is 19.6 Å². The first-order valence-corrected chi connectivity index (χ1v) is 9.48. The maximum absolute atomic E-state index is 13.8. The van der Waals surface area contributed by atoms with Crippen LogP contribution in [0.15, 0.2) is 42.7 Å². The molecule has 132 valence electrons. The van der Waals surface area contributed by atoms with Crippen molar-refractivity contribution < 1.29 is 4.39 Å². The smallest absolute Gasteiger partial charge is 0.123 e. The Morgan fingerprint density at radius 2 is 1.88 bits per heavy atom. The lowest BCUT2D eigenvalue weighted by atomic mass is 9.73. The average Bonchev–Trinajstić information content (AvgIpc) is 3.07. The first-order chi connectivity index (χ1) is 12.8. The van der Waals surface area contributed by atoms with Gasteiger partial charge in [0.25, 0.3) is 0 Å². The molecule has 6 heterocycles. The maximum Gasteiger partial charge on any atom is 0.123 e. The monoisotopic (exact) mass is 348 g/mol. The summed E-state index contributed by atoms with van der Waals surface area (Å²) in [6.45, 7) is 3.22. The third kappa shape index (κ3) is 1.82. The molecule has 7 rings (SSSR count). The number of aromatic amines is 1. The van der Waals surface area contributed by atoms with Crippen LogP contribution < -0.4 is 0 Å². The van der Waals surface area contributed by atoms with Crippen LogP contribution in [-0.4, -0.2) is 39.4 Å². The van der Waals surface area contributed by atoms with Crippen molar-refractivity contribution in [3.8, 4) is 0 Å². The van der Waals surface area contributed by atoms with E-state index in [0.717, 1.165) is 49.8 Å². The van der Waals surface area contributed by atoms with E-state index in [1.807, 2.05) is 18.5 Å². The van der Waals surface area contributed by atoms with Crippen LogP contribution >= 0.6 is 0 Å². The highest BCUT2D eigenvalue weighted by molar-refractivity contribution is 5.85. The SMILES string of the molecule is Fc1ccc2[nH]c3c(c2c1)CCN1[C@H](c2ccncc2)N2CCC31CC2. The lowest BCUT2D eigenvalue weighted by Crippen LogP contribution is -2.66. The molecule has 4 aliphatic rings. The molecule has 1 atom stereocenters. The molecule has 4 nitrogen and oxygen atoms in total.